The summed E-state index contributed by atoms with van der Waals surface area (Å²) in [6, 6.07) is 3.82. The maximum absolute atomic E-state index is 5.53. The van der Waals surface area contributed by atoms with Gasteiger partial charge in [0.2, 0.25) is 5.75 Å². The molecule has 0 bridgehead atoms. The third-order valence-electron chi connectivity index (χ3n) is 2.60. The van der Waals surface area contributed by atoms with Crippen molar-refractivity contribution in [2.75, 3.05) is 20.3 Å². The first-order valence-corrected chi connectivity index (χ1v) is 5.20. The number of hydrogen-bond acceptors (Lipinski definition) is 3. The highest BCUT2D eigenvalue weighted by atomic mass is 16.6. The van der Waals surface area contributed by atoms with Gasteiger partial charge in [-0.3, -0.25) is 0 Å². The van der Waals surface area contributed by atoms with E-state index in [9.17, 15) is 0 Å². The summed E-state index contributed by atoms with van der Waals surface area (Å²) in [7, 11) is 1.61. The highest BCUT2D eigenvalue weighted by Gasteiger charge is 2.19. The summed E-state index contributed by atoms with van der Waals surface area (Å²) in [6.07, 6.45) is 5.41. The maximum Gasteiger partial charge on any atom is 0.203 e. The lowest BCUT2D eigenvalue weighted by atomic mass is 10.0. The Kier molecular flexibility index (Phi) is 2.91. The monoisotopic (exact) mass is 218 g/mol. The fourth-order valence-corrected chi connectivity index (χ4v) is 1.64. The van der Waals surface area contributed by atoms with Crippen LogP contribution in [0.4, 0.5) is 0 Å². The largest absolute Gasteiger partial charge is 0.493 e. The number of ether oxygens (including phenoxy) is 3. The minimum absolute atomic E-state index is 0.0322. The fourth-order valence-electron chi connectivity index (χ4n) is 1.64. The van der Waals surface area contributed by atoms with E-state index in [1.807, 2.05) is 19.1 Å². The van der Waals surface area contributed by atoms with Gasteiger partial charge in [0.25, 0.3) is 0 Å². The molecule has 2 rings (SSSR count). The van der Waals surface area contributed by atoms with Gasteiger partial charge in [0.15, 0.2) is 11.5 Å². The molecule has 3 heteroatoms. The van der Waals surface area contributed by atoms with Crippen molar-refractivity contribution in [1.29, 1.82) is 0 Å². The van der Waals surface area contributed by atoms with Gasteiger partial charge in [-0.2, -0.15) is 0 Å². The van der Waals surface area contributed by atoms with E-state index in [1.165, 1.54) is 0 Å². The van der Waals surface area contributed by atoms with Crippen LogP contribution >= 0.6 is 0 Å². The predicted molar refractivity (Wildman–Crippen MR) is 61.2 cm³/mol. The van der Waals surface area contributed by atoms with Crippen molar-refractivity contribution in [1.82, 2.24) is 0 Å². The summed E-state index contributed by atoms with van der Waals surface area (Å²) in [4.78, 5) is 0. The zero-order valence-electron chi connectivity index (χ0n) is 9.45. The van der Waals surface area contributed by atoms with Crippen LogP contribution in [0.2, 0.25) is 0 Å². The van der Waals surface area contributed by atoms with Crippen LogP contribution in [0.5, 0.6) is 17.2 Å². The van der Waals surface area contributed by atoms with Crippen LogP contribution in [-0.4, -0.2) is 20.3 Å². The van der Waals surface area contributed by atoms with Gasteiger partial charge >= 0.3 is 0 Å². The third-order valence-corrected chi connectivity index (χ3v) is 2.60. The summed E-state index contributed by atoms with van der Waals surface area (Å²) in [5.41, 5.74) is 1.00. The number of methoxy groups -OCH3 is 1. The number of hydrogen-bond donors (Lipinski definition) is 0. The zero-order valence-corrected chi connectivity index (χ0v) is 9.45. The second kappa shape index (κ2) is 4.36. The van der Waals surface area contributed by atoms with Crippen LogP contribution in [0, 0.1) is 12.3 Å². The molecule has 0 fully saturated rings. The summed E-state index contributed by atoms with van der Waals surface area (Å²) < 4.78 is 16.3. The van der Waals surface area contributed by atoms with Gasteiger partial charge in [-0.15, -0.1) is 6.42 Å². The summed E-state index contributed by atoms with van der Waals surface area (Å²) in [6.45, 7) is 3.07. The molecule has 0 radical (unpaired) electrons. The second-order valence-corrected chi connectivity index (χ2v) is 3.64. The van der Waals surface area contributed by atoms with Crippen molar-refractivity contribution in [3.63, 3.8) is 0 Å². The second-order valence-electron chi connectivity index (χ2n) is 3.64. The molecular formula is C13H14O3. The SMILES string of the molecule is C#CC(C)c1cc(OC)c2c(c1)OCCO2. The molecule has 3 nitrogen and oxygen atoms in total. The Morgan fingerprint density at radius 1 is 1.38 bits per heavy atom. The molecule has 1 heterocycles. The van der Waals surface area contributed by atoms with E-state index in [0.717, 1.165) is 5.56 Å². The van der Waals surface area contributed by atoms with Crippen LogP contribution < -0.4 is 14.2 Å². The number of benzene rings is 1. The standard InChI is InChI=1S/C13H14O3/c1-4-9(2)10-7-11(14-3)13-12(8-10)15-5-6-16-13/h1,7-9H,5-6H2,2-3H3. The van der Waals surface area contributed by atoms with Crippen molar-refractivity contribution in [2.45, 2.75) is 12.8 Å². The molecule has 0 saturated carbocycles. The van der Waals surface area contributed by atoms with Gasteiger partial charge in [0, 0.05) is 5.92 Å². The van der Waals surface area contributed by atoms with Crippen molar-refractivity contribution in [2.24, 2.45) is 0 Å². The van der Waals surface area contributed by atoms with E-state index in [-0.39, 0.29) is 5.92 Å². The van der Waals surface area contributed by atoms with Gasteiger partial charge in [-0.05, 0) is 24.6 Å². The molecule has 84 valence electrons. The average Bonchev–Trinajstić information content (AvgIpc) is 2.36. The minimum Gasteiger partial charge on any atom is -0.493 e. The molecule has 0 saturated heterocycles. The van der Waals surface area contributed by atoms with Gasteiger partial charge in [0.1, 0.15) is 13.2 Å². The van der Waals surface area contributed by atoms with Crippen LogP contribution in [-0.2, 0) is 0 Å². The molecule has 1 aliphatic rings. The first kappa shape index (κ1) is 10.7. The van der Waals surface area contributed by atoms with Gasteiger partial charge in [-0.25, -0.2) is 0 Å². The van der Waals surface area contributed by atoms with E-state index in [1.54, 1.807) is 7.11 Å². The van der Waals surface area contributed by atoms with Crippen molar-refractivity contribution < 1.29 is 14.2 Å². The normalized spacial score (nSPS) is 15.1. The average molecular weight is 218 g/mol. The summed E-state index contributed by atoms with van der Waals surface area (Å²) in [5, 5.41) is 0. The highest BCUT2D eigenvalue weighted by Crippen LogP contribution is 2.41. The summed E-state index contributed by atoms with van der Waals surface area (Å²) in [5.74, 6) is 4.77. The first-order chi connectivity index (χ1) is 7.76. The molecule has 0 spiro atoms. The van der Waals surface area contributed by atoms with Gasteiger partial charge in [-0.1, -0.05) is 5.92 Å². The zero-order chi connectivity index (χ0) is 11.5. The quantitative estimate of drug-likeness (QED) is 0.712. The van der Waals surface area contributed by atoms with E-state index in [4.69, 9.17) is 20.6 Å². The molecule has 1 aromatic carbocycles. The number of fused-ring (bicyclic) bond motifs is 1. The van der Waals surface area contributed by atoms with Crippen LogP contribution in [0.3, 0.4) is 0 Å². The number of terminal acetylenes is 1. The Bertz CT molecular complexity index is 414. The summed E-state index contributed by atoms with van der Waals surface area (Å²) >= 11 is 0. The first-order valence-electron chi connectivity index (χ1n) is 5.20. The third kappa shape index (κ3) is 1.79. The molecule has 0 aromatic heterocycles. The van der Waals surface area contributed by atoms with Crippen LogP contribution in [0.15, 0.2) is 12.1 Å². The predicted octanol–water partition coefficient (Wildman–Crippen LogP) is 2.20. The lowest BCUT2D eigenvalue weighted by Gasteiger charge is -2.22. The van der Waals surface area contributed by atoms with E-state index >= 15 is 0 Å². The topological polar surface area (TPSA) is 27.7 Å². The van der Waals surface area contributed by atoms with E-state index < -0.39 is 0 Å². The number of rotatable bonds is 2. The molecule has 1 aliphatic heterocycles. The van der Waals surface area contributed by atoms with E-state index in [2.05, 4.69) is 5.92 Å². The fraction of sp³-hybridized carbons (Fsp3) is 0.385. The Labute approximate surface area is 95.3 Å². The van der Waals surface area contributed by atoms with Crippen LogP contribution in [0.1, 0.15) is 18.4 Å². The van der Waals surface area contributed by atoms with Crippen molar-refractivity contribution >= 4 is 0 Å². The molecule has 1 aromatic rings. The smallest absolute Gasteiger partial charge is 0.203 e. The minimum atomic E-state index is 0.0322. The highest BCUT2D eigenvalue weighted by molar-refractivity contribution is 5.55. The Morgan fingerprint density at radius 3 is 2.81 bits per heavy atom. The Morgan fingerprint density at radius 2 is 2.12 bits per heavy atom. The Balaban J connectivity index is 2.48. The lowest BCUT2D eigenvalue weighted by molar-refractivity contribution is 0.165. The lowest BCUT2D eigenvalue weighted by Crippen LogP contribution is -2.16. The molecule has 1 unspecified atom stereocenters. The maximum atomic E-state index is 5.53. The van der Waals surface area contributed by atoms with Crippen molar-refractivity contribution in [3.8, 4) is 29.6 Å². The van der Waals surface area contributed by atoms with Gasteiger partial charge < -0.3 is 14.2 Å². The molecule has 0 aliphatic carbocycles. The van der Waals surface area contributed by atoms with Gasteiger partial charge in [0.05, 0.1) is 7.11 Å². The van der Waals surface area contributed by atoms with E-state index in [0.29, 0.717) is 30.5 Å². The Hall–Kier alpha value is -1.82. The molecular weight excluding hydrogens is 204 g/mol. The molecule has 1 atom stereocenters. The van der Waals surface area contributed by atoms with Crippen LogP contribution in [0.25, 0.3) is 0 Å². The molecule has 0 N–H and O–H groups in total. The van der Waals surface area contributed by atoms with Crippen molar-refractivity contribution in [3.05, 3.63) is 17.7 Å². The molecule has 16 heavy (non-hydrogen) atoms. The molecule has 0 amide bonds.